The summed E-state index contributed by atoms with van der Waals surface area (Å²) in [6, 6.07) is 12.1. The van der Waals surface area contributed by atoms with Gasteiger partial charge in [0.15, 0.2) is 0 Å². The fourth-order valence-electron chi connectivity index (χ4n) is 4.09. The Morgan fingerprint density at radius 2 is 1.94 bits per heavy atom. The molecule has 1 saturated heterocycles. The van der Waals surface area contributed by atoms with E-state index in [0.29, 0.717) is 30.0 Å². The Labute approximate surface area is 198 Å². The highest BCUT2D eigenvalue weighted by Gasteiger charge is 2.28. The van der Waals surface area contributed by atoms with Crippen molar-refractivity contribution in [3.05, 3.63) is 70.8 Å². The molecule has 0 spiro atoms. The van der Waals surface area contributed by atoms with Gasteiger partial charge < -0.3 is 19.5 Å². The number of halogens is 3. The molecule has 33 heavy (non-hydrogen) atoms. The van der Waals surface area contributed by atoms with Crippen molar-refractivity contribution in [3.63, 3.8) is 0 Å². The number of benzene rings is 3. The van der Waals surface area contributed by atoms with E-state index in [0.717, 1.165) is 30.9 Å². The number of aromatic hydroxyl groups is 1. The van der Waals surface area contributed by atoms with Crippen molar-refractivity contribution in [2.75, 3.05) is 17.8 Å². The van der Waals surface area contributed by atoms with Gasteiger partial charge in [-0.2, -0.15) is 0 Å². The molecule has 2 aliphatic rings. The van der Waals surface area contributed by atoms with Gasteiger partial charge in [0.2, 0.25) is 0 Å². The van der Waals surface area contributed by atoms with E-state index < -0.39 is 11.6 Å². The molecule has 0 aliphatic carbocycles. The third kappa shape index (κ3) is 4.20. The zero-order valence-electron chi connectivity index (χ0n) is 17.3. The van der Waals surface area contributed by atoms with Crippen molar-refractivity contribution in [2.45, 2.75) is 23.8 Å². The maximum absolute atomic E-state index is 14.8. The number of nitrogens with one attached hydrogen (secondary N) is 1. The number of carbonyl (C=O) groups is 1. The maximum Gasteiger partial charge on any atom is 0.254 e. The van der Waals surface area contributed by atoms with Gasteiger partial charge in [-0.05, 0) is 49.1 Å². The number of carbonyl (C=O) groups excluding carboxylic acids is 1. The number of ether oxygens (including phenoxy) is 1. The molecule has 1 fully saturated rings. The predicted molar refractivity (Wildman–Crippen MR) is 124 cm³/mol. The Kier molecular flexibility index (Phi) is 5.80. The van der Waals surface area contributed by atoms with E-state index in [1.54, 1.807) is 29.2 Å². The van der Waals surface area contributed by atoms with Gasteiger partial charge in [-0.3, -0.25) is 4.79 Å². The summed E-state index contributed by atoms with van der Waals surface area (Å²) >= 11 is 7.06. The molecule has 1 unspecified atom stereocenters. The fourth-order valence-corrected chi connectivity index (χ4v) is 5.14. The molecule has 3 aromatic carbocycles. The van der Waals surface area contributed by atoms with Gasteiger partial charge in [0.25, 0.3) is 5.91 Å². The van der Waals surface area contributed by atoms with Crippen LogP contribution in [0.3, 0.4) is 0 Å². The molecular weight excluding hydrogens is 470 g/mol. The number of amides is 1. The number of anilines is 1. The molecule has 9 heteroatoms. The average Bonchev–Trinajstić information content (AvgIpc) is 2.81. The lowest BCUT2D eigenvalue weighted by Crippen LogP contribution is -2.44. The van der Waals surface area contributed by atoms with Crippen LogP contribution in [0.4, 0.5) is 14.5 Å². The Morgan fingerprint density at radius 1 is 1.12 bits per heavy atom. The number of phenols is 1. The van der Waals surface area contributed by atoms with E-state index in [1.807, 2.05) is 0 Å². The number of phenolic OH excluding ortho intramolecular Hbond substituents is 1. The SMILES string of the molecule is O=C1c2cc(Cl)c(O)c(c2)SNc2cc(c(F)cc2F)-c2ccccc2OC2CCCN1C2. The van der Waals surface area contributed by atoms with E-state index in [-0.39, 0.29) is 38.9 Å². The third-order valence-electron chi connectivity index (χ3n) is 5.74. The largest absolute Gasteiger partial charge is 0.505 e. The van der Waals surface area contributed by atoms with Crippen LogP contribution in [0.15, 0.2) is 53.4 Å². The molecule has 2 heterocycles. The van der Waals surface area contributed by atoms with E-state index in [2.05, 4.69) is 4.72 Å². The highest BCUT2D eigenvalue weighted by molar-refractivity contribution is 8.00. The number of nitrogens with zero attached hydrogens (tertiary/aromatic N) is 1. The minimum absolute atomic E-state index is 0.00643. The van der Waals surface area contributed by atoms with Crippen LogP contribution in [0.2, 0.25) is 5.02 Å². The van der Waals surface area contributed by atoms with Gasteiger partial charge in [-0.1, -0.05) is 29.8 Å². The molecule has 5 rings (SSSR count). The number of hydrogen-bond donors (Lipinski definition) is 2. The highest BCUT2D eigenvalue weighted by Crippen LogP contribution is 2.40. The summed E-state index contributed by atoms with van der Waals surface area (Å²) in [5, 5.41) is 10.4. The summed E-state index contributed by atoms with van der Waals surface area (Å²) < 4.78 is 38.4. The Bertz CT molecular complexity index is 1260. The molecule has 0 aromatic heterocycles. The van der Waals surface area contributed by atoms with Crippen LogP contribution < -0.4 is 9.46 Å². The first kappa shape index (κ1) is 21.9. The van der Waals surface area contributed by atoms with Crippen molar-refractivity contribution in [3.8, 4) is 22.6 Å². The van der Waals surface area contributed by atoms with Crippen LogP contribution in [-0.4, -0.2) is 35.1 Å². The quantitative estimate of drug-likeness (QED) is 0.374. The molecule has 2 N–H and O–H groups in total. The molecule has 6 bridgehead atoms. The van der Waals surface area contributed by atoms with Crippen LogP contribution in [0.1, 0.15) is 23.2 Å². The van der Waals surface area contributed by atoms with Crippen molar-refractivity contribution >= 4 is 35.1 Å². The molecule has 170 valence electrons. The number of fused-ring (bicyclic) bond motifs is 8. The van der Waals surface area contributed by atoms with Crippen molar-refractivity contribution in [1.82, 2.24) is 4.90 Å². The molecular formula is C24H19ClF2N2O3S. The van der Waals surface area contributed by atoms with Gasteiger partial charge >= 0.3 is 0 Å². The first-order chi connectivity index (χ1) is 15.9. The zero-order chi connectivity index (χ0) is 23.1. The highest BCUT2D eigenvalue weighted by atomic mass is 35.5. The molecule has 2 aliphatic heterocycles. The zero-order valence-corrected chi connectivity index (χ0v) is 18.9. The van der Waals surface area contributed by atoms with Crippen molar-refractivity contribution in [2.24, 2.45) is 0 Å². The van der Waals surface area contributed by atoms with Crippen LogP contribution in [-0.2, 0) is 0 Å². The average molecular weight is 489 g/mol. The van der Waals surface area contributed by atoms with Gasteiger partial charge in [0.05, 0.1) is 22.2 Å². The van der Waals surface area contributed by atoms with Crippen LogP contribution in [0.25, 0.3) is 11.1 Å². The Morgan fingerprint density at radius 3 is 2.79 bits per heavy atom. The standard InChI is InChI=1S/C24H19ClF2N2O3S/c25-17-8-13-9-22(23(17)30)33-28-20-10-16(18(26)11-19(20)27)15-5-1-2-6-21(15)32-14-4-3-7-29(12-14)24(13)31/h1-2,5-6,8-11,14,28,30H,3-4,7,12H2. The molecule has 0 radical (unpaired) electrons. The van der Waals surface area contributed by atoms with E-state index in [4.69, 9.17) is 16.3 Å². The van der Waals surface area contributed by atoms with Gasteiger partial charge in [0.1, 0.15) is 29.2 Å². The smallest absolute Gasteiger partial charge is 0.254 e. The second-order valence-corrected chi connectivity index (χ2v) is 9.21. The number of para-hydroxylation sites is 1. The minimum atomic E-state index is -0.800. The lowest BCUT2D eigenvalue weighted by atomic mass is 10.0. The summed E-state index contributed by atoms with van der Waals surface area (Å²) in [6.07, 6.45) is 1.17. The van der Waals surface area contributed by atoms with Crippen LogP contribution in [0.5, 0.6) is 11.5 Å². The number of piperidine rings is 1. The predicted octanol–water partition coefficient (Wildman–Crippen LogP) is 6.11. The lowest BCUT2D eigenvalue weighted by Gasteiger charge is -2.33. The fraction of sp³-hybridized carbons (Fsp3) is 0.208. The minimum Gasteiger partial charge on any atom is -0.505 e. The topological polar surface area (TPSA) is 61.8 Å². The molecule has 0 saturated carbocycles. The van der Waals surface area contributed by atoms with E-state index in [9.17, 15) is 18.7 Å². The summed E-state index contributed by atoms with van der Waals surface area (Å²) in [4.78, 5) is 15.1. The van der Waals surface area contributed by atoms with E-state index in [1.165, 1.54) is 18.2 Å². The summed E-state index contributed by atoms with van der Waals surface area (Å²) in [7, 11) is 0. The lowest BCUT2D eigenvalue weighted by molar-refractivity contribution is 0.0539. The normalized spacial score (nSPS) is 17.8. The molecule has 5 nitrogen and oxygen atoms in total. The van der Waals surface area contributed by atoms with Gasteiger partial charge in [-0.15, -0.1) is 0 Å². The monoisotopic (exact) mass is 488 g/mol. The van der Waals surface area contributed by atoms with Crippen LogP contribution >= 0.6 is 23.5 Å². The van der Waals surface area contributed by atoms with Gasteiger partial charge in [0, 0.05) is 29.3 Å². The molecule has 1 amide bonds. The molecule has 3 aromatic rings. The van der Waals surface area contributed by atoms with Crippen molar-refractivity contribution < 1.29 is 23.4 Å². The summed E-state index contributed by atoms with van der Waals surface area (Å²) in [5.41, 5.74) is 0.964. The van der Waals surface area contributed by atoms with Crippen molar-refractivity contribution in [1.29, 1.82) is 0 Å². The maximum atomic E-state index is 14.8. The number of rotatable bonds is 0. The second-order valence-electron chi connectivity index (χ2n) is 7.95. The Balaban J connectivity index is 1.66. The summed E-state index contributed by atoms with van der Waals surface area (Å²) in [6.45, 7) is 0.906. The summed E-state index contributed by atoms with van der Waals surface area (Å²) in [5.74, 6) is -1.55. The van der Waals surface area contributed by atoms with Gasteiger partial charge in [-0.25, -0.2) is 8.78 Å². The van der Waals surface area contributed by atoms with Crippen LogP contribution in [0, 0.1) is 11.6 Å². The number of hydrogen-bond acceptors (Lipinski definition) is 5. The first-order valence-electron chi connectivity index (χ1n) is 10.4. The van der Waals surface area contributed by atoms with E-state index >= 15 is 0 Å². The Hall–Kier alpha value is -2.97. The second kappa shape index (κ2) is 8.76. The first-order valence-corrected chi connectivity index (χ1v) is 11.6. The third-order valence-corrected chi connectivity index (χ3v) is 6.88. The molecule has 1 atom stereocenters.